The van der Waals surface area contributed by atoms with E-state index < -0.39 is 5.60 Å². The van der Waals surface area contributed by atoms with E-state index in [4.69, 9.17) is 0 Å². The molecule has 0 spiro atoms. The molecule has 0 aliphatic carbocycles. The number of benzene rings is 1. The van der Waals surface area contributed by atoms with Crippen LogP contribution in [0.1, 0.15) is 44.3 Å². The first-order valence-corrected chi connectivity index (χ1v) is 8.99. The number of thiazole rings is 1. The summed E-state index contributed by atoms with van der Waals surface area (Å²) in [6, 6.07) is 4.25. The predicted octanol–water partition coefficient (Wildman–Crippen LogP) is 2.18. The zero-order chi connectivity index (χ0) is 18.0. The maximum Gasteiger partial charge on any atom is 0.253 e. The van der Waals surface area contributed by atoms with Gasteiger partial charge in [0.2, 0.25) is 0 Å². The summed E-state index contributed by atoms with van der Waals surface area (Å²) in [6.07, 6.45) is 1.99. The van der Waals surface area contributed by atoms with Crippen LogP contribution in [0, 0.1) is 6.92 Å². The van der Waals surface area contributed by atoms with Gasteiger partial charge in [0.15, 0.2) is 6.29 Å². The SMILES string of the molecule is Cc1csc(CC2(O)CCN(C(=O)c3ccc(O)c(C=O)c3)CC2)n1. The van der Waals surface area contributed by atoms with E-state index >= 15 is 0 Å². The molecule has 132 valence electrons. The number of nitrogens with zero attached hydrogens (tertiary/aromatic N) is 2. The quantitative estimate of drug-likeness (QED) is 0.816. The summed E-state index contributed by atoms with van der Waals surface area (Å²) in [7, 11) is 0. The van der Waals surface area contributed by atoms with Gasteiger partial charge in [0.1, 0.15) is 5.75 Å². The van der Waals surface area contributed by atoms with Crippen molar-refractivity contribution in [1.29, 1.82) is 0 Å². The first kappa shape index (κ1) is 17.6. The molecule has 0 bridgehead atoms. The van der Waals surface area contributed by atoms with E-state index in [2.05, 4.69) is 4.98 Å². The fourth-order valence-corrected chi connectivity index (χ4v) is 3.94. The average Bonchev–Trinajstić information content (AvgIpc) is 2.99. The molecule has 1 aliphatic heterocycles. The second kappa shape index (κ2) is 6.93. The van der Waals surface area contributed by atoms with E-state index in [9.17, 15) is 19.8 Å². The Balaban J connectivity index is 1.65. The molecule has 1 saturated heterocycles. The number of aromatic nitrogens is 1. The summed E-state index contributed by atoms with van der Waals surface area (Å²) in [5, 5.41) is 23.2. The van der Waals surface area contributed by atoms with E-state index in [1.165, 1.54) is 18.2 Å². The Hall–Kier alpha value is -2.25. The van der Waals surface area contributed by atoms with Gasteiger partial charge < -0.3 is 15.1 Å². The highest BCUT2D eigenvalue weighted by molar-refractivity contribution is 7.09. The number of hydrogen-bond acceptors (Lipinski definition) is 6. The number of likely N-dealkylation sites (tertiary alicyclic amines) is 1. The van der Waals surface area contributed by atoms with Crippen LogP contribution in [0.4, 0.5) is 0 Å². The molecule has 1 aromatic heterocycles. The number of phenols is 1. The first-order chi connectivity index (χ1) is 11.9. The molecule has 6 nitrogen and oxygen atoms in total. The molecule has 1 fully saturated rings. The van der Waals surface area contributed by atoms with Crippen LogP contribution in [0.15, 0.2) is 23.6 Å². The largest absolute Gasteiger partial charge is 0.507 e. The second-order valence-corrected chi connectivity index (χ2v) is 7.41. The Bertz CT molecular complexity index is 794. The zero-order valence-corrected chi connectivity index (χ0v) is 14.8. The maximum atomic E-state index is 12.6. The third kappa shape index (κ3) is 3.88. The van der Waals surface area contributed by atoms with E-state index in [0.717, 1.165) is 10.7 Å². The van der Waals surface area contributed by atoms with Gasteiger partial charge >= 0.3 is 0 Å². The van der Waals surface area contributed by atoms with Gasteiger partial charge in [-0.2, -0.15) is 0 Å². The standard InChI is InChI=1S/C18H20N2O4S/c1-12-11-25-16(19-12)9-18(24)4-6-20(7-5-18)17(23)13-2-3-15(22)14(8-13)10-21/h2-3,8,10-11,22,24H,4-7,9H2,1H3. The molecule has 0 saturated carbocycles. The third-order valence-electron chi connectivity index (χ3n) is 4.53. The van der Waals surface area contributed by atoms with Crippen molar-refractivity contribution in [1.82, 2.24) is 9.88 Å². The molecule has 0 unspecified atom stereocenters. The van der Waals surface area contributed by atoms with Gasteiger partial charge in [0.05, 0.1) is 16.2 Å². The molecular weight excluding hydrogens is 340 g/mol. The summed E-state index contributed by atoms with van der Waals surface area (Å²) in [4.78, 5) is 29.6. The molecule has 2 heterocycles. The normalized spacial score (nSPS) is 16.6. The number of rotatable bonds is 4. The number of aromatic hydroxyl groups is 1. The number of aryl methyl sites for hydroxylation is 1. The summed E-state index contributed by atoms with van der Waals surface area (Å²) in [6.45, 7) is 2.81. The summed E-state index contributed by atoms with van der Waals surface area (Å²) >= 11 is 1.54. The lowest BCUT2D eigenvalue weighted by atomic mass is 9.88. The lowest BCUT2D eigenvalue weighted by Gasteiger charge is -2.38. The van der Waals surface area contributed by atoms with Crippen molar-refractivity contribution in [2.75, 3.05) is 13.1 Å². The molecule has 3 rings (SSSR count). The number of phenolic OH excluding ortho intramolecular Hbond substituents is 1. The molecule has 1 amide bonds. The van der Waals surface area contributed by atoms with Crippen molar-refractivity contribution in [3.63, 3.8) is 0 Å². The van der Waals surface area contributed by atoms with E-state index in [1.54, 1.807) is 16.2 Å². The fraction of sp³-hybridized carbons (Fsp3) is 0.389. The minimum absolute atomic E-state index is 0.0958. The van der Waals surface area contributed by atoms with E-state index in [-0.39, 0.29) is 17.2 Å². The number of hydrogen-bond donors (Lipinski definition) is 2. The van der Waals surface area contributed by atoms with Gasteiger partial charge in [-0.05, 0) is 38.0 Å². The van der Waals surface area contributed by atoms with Crippen LogP contribution in [0.3, 0.4) is 0 Å². The maximum absolute atomic E-state index is 12.6. The van der Waals surface area contributed by atoms with Crippen LogP contribution in [-0.4, -0.2) is 51.0 Å². The number of amides is 1. The number of piperidine rings is 1. The van der Waals surface area contributed by atoms with Gasteiger partial charge in [-0.25, -0.2) is 4.98 Å². The van der Waals surface area contributed by atoms with Crippen LogP contribution >= 0.6 is 11.3 Å². The Labute approximate surface area is 149 Å². The summed E-state index contributed by atoms with van der Waals surface area (Å²) in [5.41, 5.74) is 0.568. The highest BCUT2D eigenvalue weighted by Crippen LogP contribution is 2.28. The van der Waals surface area contributed by atoms with E-state index in [0.29, 0.717) is 44.2 Å². The molecule has 7 heteroatoms. The first-order valence-electron chi connectivity index (χ1n) is 8.11. The topological polar surface area (TPSA) is 90.7 Å². The zero-order valence-electron chi connectivity index (χ0n) is 13.9. The van der Waals surface area contributed by atoms with Gasteiger partial charge in [-0.1, -0.05) is 0 Å². The number of carbonyl (C=O) groups is 2. The third-order valence-corrected chi connectivity index (χ3v) is 5.50. The fourth-order valence-electron chi connectivity index (χ4n) is 3.03. The second-order valence-electron chi connectivity index (χ2n) is 6.47. The lowest BCUT2D eigenvalue weighted by Crippen LogP contribution is -2.47. The molecule has 25 heavy (non-hydrogen) atoms. The van der Waals surface area contributed by atoms with Crippen LogP contribution < -0.4 is 0 Å². The molecule has 1 aliphatic rings. The van der Waals surface area contributed by atoms with Gasteiger partial charge in [0, 0.05) is 36.1 Å². The predicted molar refractivity (Wildman–Crippen MR) is 94.1 cm³/mol. The summed E-state index contributed by atoms with van der Waals surface area (Å²) < 4.78 is 0. The van der Waals surface area contributed by atoms with Crippen LogP contribution in [0.5, 0.6) is 5.75 Å². The minimum atomic E-state index is -0.843. The summed E-state index contributed by atoms with van der Waals surface area (Å²) in [5.74, 6) is -0.339. The van der Waals surface area contributed by atoms with Crippen molar-refractivity contribution >= 4 is 23.5 Å². The average molecular weight is 360 g/mol. The number of aliphatic hydroxyl groups is 1. The van der Waals surface area contributed by atoms with Gasteiger partial charge in [0.25, 0.3) is 5.91 Å². The highest BCUT2D eigenvalue weighted by atomic mass is 32.1. The number of carbonyl (C=O) groups excluding carboxylic acids is 2. The van der Waals surface area contributed by atoms with Crippen molar-refractivity contribution in [2.45, 2.75) is 31.8 Å². The van der Waals surface area contributed by atoms with Gasteiger partial charge in [-0.3, -0.25) is 9.59 Å². The monoisotopic (exact) mass is 360 g/mol. The number of aldehydes is 1. The van der Waals surface area contributed by atoms with Crippen LogP contribution in [-0.2, 0) is 6.42 Å². The minimum Gasteiger partial charge on any atom is -0.507 e. The molecule has 1 aromatic carbocycles. The van der Waals surface area contributed by atoms with Crippen LogP contribution in [0.2, 0.25) is 0 Å². The molecular formula is C18H20N2O4S. The highest BCUT2D eigenvalue weighted by Gasteiger charge is 2.35. The van der Waals surface area contributed by atoms with Crippen molar-refractivity contribution in [3.05, 3.63) is 45.4 Å². The molecule has 0 radical (unpaired) electrons. The van der Waals surface area contributed by atoms with Crippen molar-refractivity contribution < 1.29 is 19.8 Å². The van der Waals surface area contributed by atoms with Crippen LogP contribution in [0.25, 0.3) is 0 Å². The molecule has 2 N–H and O–H groups in total. The lowest BCUT2D eigenvalue weighted by molar-refractivity contribution is -0.0162. The molecule has 2 aromatic rings. The smallest absolute Gasteiger partial charge is 0.253 e. The molecule has 0 atom stereocenters. The van der Waals surface area contributed by atoms with Crippen molar-refractivity contribution in [3.8, 4) is 5.75 Å². The van der Waals surface area contributed by atoms with Crippen molar-refractivity contribution in [2.24, 2.45) is 0 Å². The Morgan fingerprint density at radius 2 is 2.12 bits per heavy atom. The van der Waals surface area contributed by atoms with Gasteiger partial charge in [-0.15, -0.1) is 11.3 Å². The Kier molecular flexibility index (Phi) is 4.87. The Morgan fingerprint density at radius 3 is 2.72 bits per heavy atom. The van der Waals surface area contributed by atoms with E-state index in [1.807, 2.05) is 12.3 Å². The Morgan fingerprint density at radius 1 is 1.40 bits per heavy atom.